The van der Waals surface area contributed by atoms with Crippen LogP contribution in [0.25, 0.3) is 6.08 Å². The summed E-state index contributed by atoms with van der Waals surface area (Å²) >= 11 is 0. The molecular weight excluding hydrogens is 821 g/mol. The van der Waals surface area contributed by atoms with Gasteiger partial charge in [-0.3, -0.25) is 14.4 Å². The Kier molecular flexibility index (Phi) is 19.5. The van der Waals surface area contributed by atoms with E-state index in [4.69, 9.17) is 19.4 Å². The van der Waals surface area contributed by atoms with E-state index in [-0.39, 0.29) is 83.8 Å². The normalized spacial score (nSPS) is 26.1. The second-order valence-corrected chi connectivity index (χ2v) is 21.0. The number of ketones is 1. The number of carbonyl (C=O) groups is 3. The summed E-state index contributed by atoms with van der Waals surface area (Å²) in [6.07, 6.45) is 19.2. The first kappa shape index (κ1) is 53.0. The van der Waals surface area contributed by atoms with E-state index in [0.717, 1.165) is 77.2 Å². The van der Waals surface area contributed by atoms with E-state index < -0.39 is 17.8 Å². The first-order valence-electron chi connectivity index (χ1n) is 25.2. The summed E-state index contributed by atoms with van der Waals surface area (Å²) in [5.41, 5.74) is 11.4. The van der Waals surface area contributed by atoms with Gasteiger partial charge in [-0.25, -0.2) is 0 Å². The molecule has 0 spiro atoms. The van der Waals surface area contributed by atoms with Crippen LogP contribution in [-0.2, 0) is 38.3 Å². The van der Waals surface area contributed by atoms with Gasteiger partial charge < -0.3 is 30.1 Å². The molecule has 0 aromatic carbocycles. The molecule has 0 saturated carbocycles. The van der Waals surface area contributed by atoms with Crippen LogP contribution < -0.4 is 20.6 Å². The van der Waals surface area contributed by atoms with E-state index in [0.29, 0.717) is 30.5 Å². The molecule has 4 aliphatic rings. The molecule has 0 amide bonds. The number of hydrogen-bond donors (Lipinski definition) is 2. The average molecular weight is 904 g/mol. The van der Waals surface area contributed by atoms with Gasteiger partial charge in [-0.2, -0.15) is 17.1 Å². The molecule has 5 heterocycles. The van der Waals surface area contributed by atoms with Crippen molar-refractivity contribution in [3.05, 3.63) is 74.4 Å². The van der Waals surface area contributed by atoms with Crippen molar-refractivity contribution in [1.29, 1.82) is 0 Å². The predicted octanol–water partition coefficient (Wildman–Crippen LogP) is 10.3. The third kappa shape index (κ3) is 12.2. The van der Waals surface area contributed by atoms with E-state index in [1.165, 1.54) is 68.8 Å². The van der Waals surface area contributed by atoms with Gasteiger partial charge in [-0.05, 0) is 114 Å². The number of methoxy groups -OCH3 is 1. The van der Waals surface area contributed by atoms with Gasteiger partial charge in [0.05, 0.1) is 7.11 Å². The molecule has 65 heavy (non-hydrogen) atoms. The molecule has 10 atom stereocenters. The number of aromatic nitrogens is 2. The Morgan fingerprint density at radius 2 is 1.51 bits per heavy atom. The molecule has 9 nitrogen and oxygen atoms in total. The quantitative estimate of drug-likeness (QED) is 0.0579. The van der Waals surface area contributed by atoms with E-state index in [1.807, 2.05) is 13.0 Å². The van der Waals surface area contributed by atoms with Crippen molar-refractivity contribution in [2.75, 3.05) is 13.7 Å². The zero-order valence-corrected chi connectivity index (χ0v) is 43.6. The molecule has 1 fully saturated rings. The van der Waals surface area contributed by atoms with Crippen LogP contribution in [0.4, 0.5) is 0 Å². The summed E-state index contributed by atoms with van der Waals surface area (Å²) in [6.45, 7) is 26.9. The fraction of sp³-hybridized carbons (Fsp3) is 0.691. The van der Waals surface area contributed by atoms with Gasteiger partial charge in [-0.1, -0.05) is 127 Å². The Morgan fingerprint density at radius 3 is 2.15 bits per heavy atom. The number of Topliss-reactive ketones (excluding diaryl/α,β-unsaturated/α-hetero) is 1. The third-order valence-electron chi connectivity index (χ3n) is 16.1. The topological polar surface area (TPSA) is 122 Å². The van der Waals surface area contributed by atoms with E-state index in [1.54, 1.807) is 0 Å². The number of nitrogens with zero attached hydrogens (tertiary/aromatic N) is 2. The maximum atomic E-state index is 14.5. The number of esters is 2. The summed E-state index contributed by atoms with van der Waals surface area (Å²) < 4.78 is 11.2. The second-order valence-electron chi connectivity index (χ2n) is 21.0. The Balaban J connectivity index is 0.00000793. The van der Waals surface area contributed by atoms with Crippen LogP contribution >= 0.6 is 0 Å². The molecule has 2 N–H and O–H groups in total. The van der Waals surface area contributed by atoms with Crippen LogP contribution in [-0.4, -0.2) is 78.7 Å². The van der Waals surface area contributed by atoms with Gasteiger partial charge in [0.1, 0.15) is 12.5 Å². The van der Waals surface area contributed by atoms with Crippen LogP contribution in [0.15, 0.2) is 29.4 Å². The minimum absolute atomic E-state index is 0. The first-order valence-corrected chi connectivity index (χ1v) is 25.2. The van der Waals surface area contributed by atoms with Gasteiger partial charge in [0.2, 0.25) is 0 Å². The van der Waals surface area contributed by atoms with Crippen molar-refractivity contribution < 1.29 is 23.9 Å². The first-order chi connectivity index (χ1) is 30.6. The van der Waals surface area contributed by atoms with Crippen LogP contribution in [0.3, 0.4) is 0 Å². The van der Waals surface area contributed by atoms with Crippen molar-refractivity contribution in [3.63, 3.8) is 0 Å². The third-order valence-corrected chi connectivity index (χ3v) is 16.1. The van der Waals surface area contributed by atoms with Gasteiger partial charge in [0, 0.05) is 42.1 Å². The fourth-order valence-electron chi connectivity index (χ4n) is 12.0. The number of allylic oxidation sites excluding steroid dienone is 1. The zero-order valence-electron chi connectivity index (χ0n) is 42.2. The van der Waals surface area contributed by atoms with Crippen LogP contribution in [0.5, 0.6) is 0 Å². The number of hydrogen-bond acceptors (Lipinski definition) is 7. The minimum atomic E-state index is -1.00. The summed E-state index contributed by atoms with van der Waals surface area (Å²) in [6, 6.07) is -0.0880. The molecule has 2 aromatic heterocycles. The number of rotatable bonds is 20. The van der Waals surface area contributed by atoms with Crippen molar-refractivity contribution >= 4 is 46.9 Å². The van der Waals surface area contributed by atoms with Gasteiger partial charge in [0.25, 0.3) is 0 Å². The van der Waals surface area contributed by atoms with Crippen LogP contribution in [0.1, 0.15) is 188 Å². The van der Waals surface area contributed by atoms with E-state index >= 15 is 0 Å². The largest absolute Gasteiger partial charge is 2.00 e. The van der Waals surface area contributed by atoms with E-state index in [2.05, 4.69) is 85.6 Å². The summed E-state index contributed by atoms with van der Waals surface area (Å²) in [5.74, 6) is -0.0769. The summed E-state index contributed by atoms with van der Waals surface area (Å²) in [7, 11) is 1.36. The molecule has 6 rings (SSSR count). The molecule has 0 radical (unpaired) electrons. The minimum Gasteiger partial charge on any atom is -0.664 e. The van der Waals surface area contributed by atoms with Crippen molar-refractivity contribution in [2.45, 2.75) is 196 Å². The molecule has 3 aliphatic heterocycles. The molecular formula is C55H82MgN4O5. The maximum Gasteiger partial charge on any atom is 2.00 e. The van der Waals surface area contributed by atoms with Gasteiger partial charge in [-0.15, -0.1) is 5.69 Å². The molecule has 1 aliphatic carbocycles. The number of ether oxygens (including phenoxy) is 2. The second kappa shape index (κ2) is 23.9. The molecule has 1 saturated heterocycles. The van der Waals surface area contributed by atoms with Crippen molar-refractivity contribution in [1.82, 2.24) is 20.6 Å². The van der Waals surface area contributed by atoms with Crippen molar-refractivity contribution in [3.8, 4) is 0 Å². The monoisotopic (exact) mass is 903 g/mol. The number of fused-ring (bicyclic) bond motifs is 8. The summed E-state index contributed by atoms with van der Waals surface area (Å²) in [4.78, 5) is 52.2. The van der Waals surface area contributed by atoms with Crippen molar-refractivity contribution in [2.24, 2.45) is 35.5 Å². The van der Waals surface area contributed by atoms with Crippen LogP contribution in [0.2, 0.25) is 0 Å². The SMILES string of the molecule is C=Cc1c2[n-]c(c1C)CC1NC(C(CCC(=O)OCC=C(C)CCCC(C)CCCC(C)CCCC(C)C)C1C)C1c3[n-]c(c(C)c3C(=O)C1C(=O)OC)CC1NC(C2)C(C)=C1CC.[Mg+2]. The van der Waals surface area contributed by atoms with Crippen LogP contribution in [0, 0.1) is 49.4 Å². The fourth-order valence-corrected chi connectivity index (χ4v) is 12.0. The molecule has 10 unspecified atom stereocenters. The summed E-state index contributed by atoms with van der Waals surface area (Å²) in [5, 5.41) is 7.89. The average Bonchev–Trinajstić information content (AvgIpc) is 3.99. The Bertz CT molecular complexity index is 2040. The van der Waals surface area contributed by atoms with Gasteiger partial charge in [0.15, 0.2) is 5.78 Å². The Labute approximate surface area is 408 Å². The zero-order chi connectivity index (χ0) is 46.4. The number of carbonyl (C=O) groups excluding carboxylic acids is 3. The van der Waals surface area contributed by atoms with Gasteiger partial charge >= 0.3 is 35.0 Å². The maximum absolute atomic E-state index is 14.5. The Morgan fingerprint density at radius 1 is 0.862 bits per heavy atom. The number of nitrogens with one attached hydrogen (secondary N) is 2. The van der Waals surface area contributed by atoms with E-state index in [9.17, 15) is 14.4 Å². The molecule has 354 valence electrons. The molecule has 2 aromatic rings. The predicted molar refractivity (Wildman–Crippen MR) is 264 cm³/mol. The Hall–Kier alpha value is -2.92. The molecule has 8 bridgehead atoms. The smallest absolute Gasteiger partial charge is 0.664 e. The standard InChI is InChI=1S/C55H83N4O5.Mg/c1-13-39-35(8)42-28-44-37(10)41(24-25-48(60)64-27-26-34(7)23-17-22-33(6)21-16-20-32(5)19-15-18-31(3)4)52(58-44)50-51(55(62)63-12)54(61)49-38(11)45(59-53(49)50)30-47-40(14-2)36(9)43(57-47)29-46(39)56-42;/h13,26,31-33,37,41,43-44,47,50-52,57-58H,1,14-25,27-30H2,2-12H3,(H,59,61);/q-1;+2/p-1. The molecule has 10 heteroatoms.